The lowest BCUT2D eigenvalue weighted by Crippen LogP contribution is -2.43. The van der Waals surface area contributed by atoms with Gasteiger partial charge in [-0.05, 0) is 50.2 Å². The molecule has 2 aromatic heterocycles. The largest absolute Gasteiger partial charge is 0.491 e. The van der Waals surface area contributed by atoms with Gasteiger partial charge in [-0.1, -0.05) is 12.1 Å². The predicted octanol–water partition coefficient (Wildman–Crippen LogP) is 4.82. The summed E-state index contributed by atoms with van der Waals surface area (Å²) < 4.78 is 61.6. The maximum atomic E-state index is 15.3. The number of halogens is 3. The van der Waals surface area contributed by atoms with Gasteiger partial charge >= 0.3 is 0 Å². The number of fused-ring (bicyclic) bond motifs is 2. The van der Waals surface area contributed by atoms with Crippen LogP contribution < -0.4 is 10.1 Å². The summed E-state index contributed by atoms with van der Waals surface area (Å²) in [6.07, 6.45) is 4.38. The average Bonchev–Trinajstić information content (AvgIpc) is 3.18. The van der Waals surface area contributed by atoms with Crippen LogP contribution in [0.3, 0.4) is 0 Å². The molecule has 3 aromatic rings. The Hall–Kier alpha value is -3.11. The molecule has 0 amide bonds. The molecule has 3 unspecified atom stereocenters. The zero-order valence-electron chi connectivity index (χ0n) is 23.4. The number of benzene rings is 1. The van der Waals surface area contributed by atoms with E-state index in [4.69, 9.17) is 4.74 Å². The summed E-state index contributed by atoms with van der Waals surface area (Å²) in [5.41, 5.74) is 1.99. The second kappa shape index (κ2) is 9.89. The second-order valence-corrected chi connectivity index (χ2v) is 10.5. The topological polar surface area (TPSA) is 58.5 Å². The average molecular weight is 530 g/mol. The smallest absolute Gasteiger partial charge is 0.260 e. The molecular weight excluding hydrogens is 493 g/mol. The molecule has 1 aromatic carbocycles. The summed E-state index contributed by atoms with van der Waals surface area (Å²) in [6, 6.07) is 4.88. The molecule has 1 fully saturated rings. The molecule has 10 heteroatoms. The number of nitrogens with one attached hydrogen (secondary N) is 1. The lowest BCUT2D eigenvalue weighted by molar-refractivity contribution is 0.0562. The normalized spacial score (nSPS) is 23.3. The number of hydrogen-bond donors (Lipinski definition) is 1. The molecule has 1 spiro atoms. The molecule has 3 heterocycles. The first kappa shape index (κ1) is 25.2. The molecule has 0 radical (unpaired) electrons. The Bertz CT molecular complexity index is 1370. The lowest BCUT2D eigenvalue weighted by atomic mass is 9.81. The molecule has 1 aliphatic heterocycles. The first-order valence-electron chi connectivity index (χ1n) is 13.4. The first-order chi connectivity index (χ1) is 18.5. The van der Waals surface area contributed by atoms with E-state index in [1.54, 1.807) is 25.1 Å². The summed E-state index contributed by atoms with van der Waals surface area (Å²) in [5, 5.41) is 3.06. The van der Waals surface area contributed by atoms with Crippen molar-refractivity contribution in [1.82, 2.24) is 24.3 Å². The van der Waals surface area contributed by atoms with Crippen LogP contribution in [0.25, 0.3) is 0 Å². The molecule has 38 heavy (non-hydrogen) atoms. The fourth-order valence-corrected chi connectivity index (χ4v) is 5.64. The fourth-order valence-electron chi connectivity index (χ4n) is 5.64. The monoisotopic (exact) mass is 529 g/mol. The van der Waals surface area contributed by atoms with Gasteiger partial charge in [-0.25, -0.2) is 18.2 Å². The van der Waals surface area contributed by atoms with Crippen molar-refractivity contribution >= 4 is 5.95 Å². The highest BCUT2D eigenvalue weighted by Crippen LogP contribution is 2.65. The number of anilines is 1. The van der Waals surface area contributed by atoms with E-state index in [0.717, 1.165) is 17.3 Å². The second-order valence-electron chi connectivity index (χ2n) is 10.5. The van der Waals surface area contributed by atoms with Crippen molar-refractivity contribution < 1.29 is 19.3 Å². The van der Waals surface area contributed by atoms with E-state index in [1.165, 1.54) is 6.07 Å². The van der Waals surface area contributed by atoms with Gasteiger partial charge in [0, 0.05) is 59.0 Å². The number of alkyl halides is 2. The molecule has 1 N–H and O–H groups in total. The highest BCUT2D eigenvalue weighted by molar-refractivity contribution is 5.53. The zero-order chi connectivity index (χ0) is 28.1. The Morgan fingerprint density at radius 1 is 1.26 bits per heavy atom. The summed E-state index contributed by atoms with van der Waals surface area (Å²) in [7, 11) is 5.62. The van der Waals surface area contributed by atoms with Crippen LogP contribution in [-0.2, 0) is 25.0 Å². The molecule has 0 saturated heterocycles. The van der Waals surface area contributed by atoms with Gasteiger partial charge in [0.15, 0.2) is 11.6 Å². The Balaban J connectivity index is 1.60. The Morgan fingerprint density at radius 2 is 2.03 bits per heavy atom. The minimum Gasteiger partial charge on any atom is -0.491 e. The van der Waals surface area contributed by atoms with Crippen molar-refractivity contribution in [3.8, 4) is 5.75 Å². The van der Waals surface area contributed by atoms with E-state index in [2.05, 4.69) is 15.3 Å². The van der Waals surface area contributed by atoms with Gasteiger partial charge in [-0.3, -0.25) is 9.88 Å². The number of rotatable bonds is 9. The summed E-state index contributed by atoms with van der Waals surface area (Å²) in [4.78, 5) is 12.3. The van der Waals surface area contributed by atoms with Gasteiger partial charge in [0.2, 0.25) is 5.95 Å². The van der Waals surface area contributed by atoms with E-state index >= 15 is 8.78 Å². The highest BCUT2D eigenvalue weighted by atomic mass is 19.3. The van der Waals surface area contributed by atoms with Gasteiger partial charge in [0.1, 0.15) is 0 Å². The van der Waals surface area contributed by atoms with E-state index in [9.17, 15) is 5.76 Å². The lowest BCUT2D eigenvalue weighted by Gasteiger charge is -2.40. The number of ether oxygens (including phenoxy) is 1. The molecule has 204 valence electrons. The number of imidazole rings is 1. The Labute approximate surface area is 223 Å². The predicted molar refractivity (Wildman–Crippen MR) is 140 cm³/mol. The van der Waals surface area contributed by atoms with Crippen molar-refractivity contribution in [1.29, 1.82) is 0 Å². The molecule has 0 bridgehead atoms. The maximum Gasteiger partial charge on any atom is 0.260 e. The number of nitrogens with zero attached hydrogens (tertiary/aromatic N) is 5. The van der Waals surface area contributed by atoms with Crippen LogP contribution in [0.2, 0.25) is 0 Å². The van der Waals surface area contributed by atoms with Crippen LogP contribution in [0.4, 0.5) is 19.1 Å². The minimum absolute atomic E-state index is 0.0105. The fraction of sp³-hybridized carbons (Fsp3) is 0.500. The van der Waals surface area contributed by atoms with Gasteiger partial charge in [-0.2, -0.15) is 0 Å². The number of aromatic nitrogens is 3. The van der Waals surface area contributed by atoms with E-state index in [0.29, 0.717) is 35.9 Å². The molecule has 2 aliphatic rings. The van der Waals surface area contributed by atoms with Crippen LogP contribution in [-0.4, -0.2) is 64.6 Å². The third-order valence-electron chi connectivity index (χ3n) is 7.49. The van der Waals surface area contributed by atoms with Crippen LogP contribution in [0, 0.1) is 5.82 Å². The van der Waals surface area contributed by atoms with Gasteiger partial charge < -0.3 is 19.5 Å². The van der Waals surface area contributed by atoms with Crippen molar-refractivity contribution in [2.75, 3.05) is 39.6 Å². The molecule has 1 aliphatic carbocycles. The van der Waals surface area contributed by atoms with Crippen LogP contribution in [0.15, 0.2) is 36.8 Å². The van der Waals surface area contributed by atoms with Crippen molar-refractivity contribution in [3.63, 3.8) is 0 Å². The van der Waals surface area contributed by atoms with Crippen LogP contribution in [0.1, 0.15) is 55.6 Å². The number of hydrogen-bond acceptors (Lipinski definition) is 6. The SMILES string of the molecule is [2H]C1c2cc(Cn3ccnc3NC)cc(CN(C)C)c2C2(CN1C(C)c1cc(OCC)c(F)cn1)CC2(F)F. The summed E-state index contributed by atoms with van der Waals surface area (Å²) >= 11 is 0. The van der Waals surface area contributed by atoms with Gasteiger partial charge in [0.05, 0.1) is 30.5 Å². The first-order valence-corrected chi connectivity index (χ1v) is 12.8. The molecular formula is C28H35F3N6O. The van der Waals surface area contributed by atoms with E-state index < -0.39 is 29.7 Å². The summed E-state index contributed by atoms with van der Waals surface area (Å²) in [6.45, 7) is 3.93. The van der Waals surface area contributed by atoms with E-state index in [-0.39, 0.29) is 25.3 Å². The van der Waals surface area contributed by atoms with Crippen LogP contribution >= 0.6 is 0 Å². The molecule has 3 atom stereocenters. The third-order valence-corrected chi connectivity index (χ3v) is 7.49. The Kier molecular flexibility index (Phi) is 6.55. The van der Waals surface area contributed by atoms with Crippen molar-refractivity contribution in [3.05, 3.63) is 70.6 Å². The Morgan fingerprint density at radius 3 is 2.68 bits per heavy atom. The molecule has 7 nitrogen and oxygen atoms in total. The van der Waals surface area contributed by atoms with Crippen LogP contribution in [0.5, 0.6) is 5.75 Å². The highest BCUT2D eigenvalue weighted by Gasteiger charge is 2.74. The van der Waals surface area contributed by atoms with Crippen molar-refractivity contribution in [2.45, 2.75) is 57.3 Å². The zero-order valence-corrected chi connectivity index (χ0v) is 22.4. The summed E-state index contributed by atoms with van der Waals surface area (Å²) in [5.74, 6) is -2.71. The quantitative estimate of drug-likeness (QED) is 0.429. The third kappa shape index (κ3) is 4.64. The molecule has 1 saturated carbocycles. The number of pyridine rings is 1. The van der Waals surface area contributed by atoms with E-state index in [1.807, 2.05) is 48.8 Å². The standard InChI is InChI=1S/C28H35F3N6O/c1-6-38-24-11-23(34-12-22(24)29)18(2)37-15-21-10-19(13-36-8-7-33-26(36)32-3)9-20(14-35(4)5)25(21)27(17-37)16-28(27,30)31/h7-12,18H,6,13-17H2,1-5H3,(H,32,33)/i15D. The minimum atomic E-state index is -2.89. The van der Waals surface area contributed by atoms with Gasteiger partial charge in [0.25, 0.3) is 5.92 Å². The maximum absolute atomic E-state index is 15.3. The molecule has 5 rings (SSSR count). The van der Waals surface area contributed by atoms with Gasteiger partial charge in [-0.15, -0.1) is 0 Å². The van der Waals surface area contributed by atoms with Crippen molar-refractivity contribution in [2.24, 2.45) is 0 Å².